The lowest BCUT2D eigenvalue weighted by Gasteiger charge is -2.14. The summed E-state index contributed by atoms with van der Waals surface area (Å²) in [5.74, 6) is 1.37. The zero-order valence-corrected chi connectivity index (χ0v) is 32.0. The van der Waals surface area contributed by atoms with Crippen LogP contribution in [0.15, 0.2) is 188 Å². The molecule has 0 spiro atoms. The van der Waals surface area contributed by atoms with Gasteiger partial charge in [-0.15, -0.1) is 0 Å². The van der Waals surface area contributed by atoms with Gasteiger partial charge in [-0.25, -0.2) is 15.0 Å². The van der Waals surface area contributed by atoms with Crippen molar-refractivity contribution in [1.29, 1.82) is 10.5 Å². The lowest BCUT2D eigenvalue weighted by molar-refractivity contribution is 1.07. The van der Waals surface area contributed by atoms with E-state index in [2.05, 4.69) is 108 Å². The van der Waals surface area contributed by atoms with Crippen LogP contribution >= 0.6 is 0 Å². The molecule has 8 aromatic carbocycles. The maximum Gasteiger partial charge on any atom is 0.164 e. The van der Waals surface area contributed by atoms with Gasteiger partial charge in [0.2, 0.25) is 0 Å². The zero-order valence-electron chi connectivity index (χ0n) is 32.0. The number of rotatable bonds is 6. The normalized spacial score (nSPS) is 11.3. The highest BCUT2D eigenvalue weighted by atomic mass is 15.0. The minimum atomic E-state index is 0.332. The van der Waals surface area contributed by atoms with Crippen LogP contribution in [0.3, 0.4) is 0 Å². The van der Waals surface area contributed by atoms with Gasteiger partial charge in [0, 0.05) is 43.9 Å². The Labute approximate surface area is 345 Å². The first-order valence-corrected chi connectivity index (χ1v) is 19.6. The monoisotopic (exact) mass is 765 g/mol. The Morgan fingerprint density at radius 3 is 1.23 bits per heavy atom. The number of aromatic nitrogens is 5. The summed E-state index contributed by atoms with van der Waals surface area (Å²) in [6.45, 7) is 0. The van der Waals surface area contributed by atoms with Crippen LogP contribution in [0.1, 0.15) is 11.1 Å². The van der Waals surface area contributed by atoms with E-state index in [1.165, 1.54) is 10.8 Å². The molecule has 0 fully saturated rings. The Bertz CT molecular complexity index is 3460. The smallest absolute Gasteiger partial charge is 0.164 e. The van der Waals surface area contributed by atoms with Crippen LogP contribution in [0.5, 0.6) is 0 Å². The molecule has 278 valence electrons. The van der Waals surface area contributed by atoms with E-state index >= 15 is 0 Å². The van der Waals surface area contributed by atoms with Gasteiger partial charge in [-0.2, -0.15) is 10.5 Å². The number of nitrogens with zero attached hydrogens (tertiary/aromatic N) is 7. The van der Waals surface area contributed by atoms with Gasteiger partial charge >= 0.3 is 0 Å². The summed E-state index contributed by atoms with van der Waals surface area (Å²) >= 11 is 0. The van der Waals surface area contributed by atoms with E-state index in [0.29, 0.717) is 39.9 Å². The van der Waals surface area contributed by atoms with Crippen molar-refractivity contribution in [2.24, 2.45) is 0 Å². The number of nitriles is 2. The van der Waals surface area contributed by atoms with Crippen molar-refractivity contribution in [3.05, 3.63) is 199 Å². The van der Waals surface area contributed by atoms with E-state index in [-0.39, 0.29) is 0 Å². The van der Waals surface area contributed by atoms with Gasteiger partial charge in [0.15, 0.2) is 17.5 Å². The van der Waals surface area contributed by atoms with E-state index in [1.54, 1.807) is 12.1 Å². The highest BCUT2D eigenvalue weighted by Gasteiger charge is 2.22. The molecule has 0 unspecified atom stereocenters. The summed E-state index contributed by atoms with van der Waals surface area (Å²) in [7, 11) is 0. The molecule has 0 atom stereocenters. The average molecular weight is 766 g/mol. The molecule has 0 aliphatic heterocycles. The molecule has 0 saturated heterocycles. The lowest BCUT2D eigenvalue weighted by atomic mass is 10.0. The molecule has 0 aliphatic rings. The van der Waals surface area contributed by atoms with E-state index < -0.39 is 0 Å². The molecule has 0 aliphatic carbocycles. The Balaban J connectivity index is 1.07. The number of para-hydroxylation sites is 3. The Hall–Kier alpha value is -8.65. The van der Waals surface area contributed by atoms with E-state index in [9.17, 15) is 10.5 Å². The van der Waals surface area contributed by atoms with Crippen LogP contribution in [0.2, 0.25) is 0 Å². The van der Waals surface area contributed by atoms with E-state index in [4.69, 9.17) is 15.0 Å². The van der Waals surface area contributed by atoms with Crippen LogP contribution in [0, 0.1) is 22.7 Å². The summed E-state index contributed by atoms with van der Waals surface area (Å²) in [6, 6.07) is 68.2. The molecule has 0 radical (unpaired) electrons. The van der Waals surface area contributed by atoms with Gasteiger partial charge in [-0.1, -0.05) is 127 Å². The van der Waals surface area contributed by atoms with Crippen LogP contribution in [0.25, 0.3) is 100 Å². The number of fused-ring (bicyclic) bond motifs is 6. The van der Waals surface area contributed by atoms with Gasteiger partial charge in [-0.3, -0.25) is 0 Å². The van der Waals surface area contributed by atoms with Crippen LogP contribution in [-0.2, 0) is 0 Å². The average Bonchev–Trinajstić information content (AvgIpc) is 3.83. The topological polar surface area (TPSA) is 96.1 Å². The fourth-order valence-corrected chi connectivity index (χ4v) is 8.51. The van der Waals surface area contributed by atoms with Crippen molar-refractivity contribution in [3.63, 3.8) is 0 Å². The first-order chi connectivity index (χ1) is 29.7. The molecule has 0 saturated carbocycles. The van der Waals surface area contributed by atoms with Crippen molar-refractivity contribution in [2.75, 3.05) is 0 Å². The van der Waals surface area contributed by atoms with Crippen molar-refractivity contribution in [3.8, 4) is 68.8 Å². The maximum absolute atomic E-state index is 10.8. The van der Waals surface area contributed by atoms with Crippen LogP contribution in [0.4, 0.5) is 0 Å². The molecule has 0 bridgehead atoms. The molecular weight excluding hydrogens is 735 g/mol. The Morgan fingerprint density at radius 2 is 0.733 bits per heavy atom. The van der Waals surface area contributed by atoms with Gasteiger partial charge in [0.05, 0.1) is 38.9 Å². The molecule has 11 aromatic rings. The predicted octanol–water partition coefficient (Wildman–Crippen LogP) is 12.5. The SMILES string of the molecule is N#Cc1cc(-c2nc(-c3ccccc3)nc(-c3ccccc3)n2)cc(C#N)c1-n1c2ccccc2c2cc(-c3ccc4c(c3)c3ccccc3n4-c3ccccc3)ccc21. The summed E-state index contributed by atoms with van der Waals surface area (Å²) < 4.78 is 4.37. The minimum Gasteiger partial charge on any atom is -0.309 e. The second-order valence-electron chi connectivity index (χ2n) is 14.7. The molecular formula is C53H31N7. The quantitative estimate of drug-likeness (QED) is 0.168. The lowest BCUT2D eigenvalue weighted by Crippen LogP contribution is -2.04. The van der Waals surface area contributed by atoms with E-state index in [0.717, 1.165) is 60.8 Å². The first-order valence-electron chi connectivity index (χ1n) is 19.6. The van der Waals surface area contributed by atoms with Gasteiger partial charge in [0.25, 0.3) is 0 Å². The fraction of sp³-hybridized carbons (Fsp3) is 0. The predicted molar refractivity (Wildman–Crippen MR) is 240 cm³/mol. The summed E-state index contributed by atoms with van der Waals surface area (Å²) in [5.41, 5.74) is 10.8. The molecule has 11 rings (SSSR count). The number of hydrogen-bond acceptors (Lipinski definition) is 5. The molecule has 3 heterocycles. The Morgan fingerprint density at radius 1 is 0.333 bits per heavy atom. The van der Waals surface area contributed by atoms with Crippen molar-refractivity contribution >= 4 is 43.6 Å². The Kier molecular flexibility index (Phi) is 8.11. The second-order valence-corrected chi connectivity index (χ2v) is 14.7. The highest BCUT2D eigenvalue weighted by molar-refractivity contribution is 6.13. The van der Waals surface area contributed by atoms with Crippen LogP contribution < -0.4 is 0 Å². The van der Waals surface area contributed by atoms with Gasteiger partial charge in [-0.05, 0) is 71.8 Å². The summed E-state index contributed by atoms with van der Waals surface area (Å²) in [5, 5.41) is 26.0. The summed E-state index contributed by atoms with van der Waals surface area (Å²) in [6.07, 6.45) is 0. The van der Waals surface area contributed by atoms with E-state index in [1.807, 2.05) is 89.5 Å². The molecule has 7 nitrogen and oxygen atoms in total. The summed E-state index contributed by atoms with van der Waals surface area (Å²) in [4.78, 5) is 14.6. The van der Waals surface area contributed by atoms with Gasteiger partial charge in [0.1, 0.15) is 12.1 Å². The third-order valence-electron chi connectivity index (χ3n) is 11.2. The third-order valence-corrected chi connectivity index (χ3v) is 11.2. The maximum atomic E-state index is 10.8. The largest absolute Gasteiger partial charge is 0.309 e. The third kappa shape index (κ3) is 5.61. The minimum absolute atomic E-state index is 0.332. The van der Waals surface area contributed by atoms with Crippen molar-refractivity contribution in [1.82, 2.24) is 24.1 Å². The van der Waals surface area contributed by atoms with Crippen molar-refractivity contribution < 1.29 is 0 Å². The zero-order chi connectivity index (χ0) is 40.2. The molecule has 0 N–H and O–H groups in total. The molecule has 0 amide bonds. The van der Waals surface area contributed by atoms with Crippen molar-refractivity contribution in [2.45, 2.75) is 0 Å². The highest BCUT2D eigenvalue weighted by Crippen LogP contribution is 2.40. The number of hydrogen-bond donors (Lipinski definition) is 0. The van der Waals surface area contributed by atoms with Crippen LogP contribution in [-0.4, -0.2) is 24.1 Å². The molecule has 3 aromatic heterocycles. The first kappa shape index (κ1) is 34.6. The second kappa shape index (κ2) is 14.1. The number of benzene rings is 8. The standard InChI is InChI=1S/C53H31N7/c54-32-39-28-38(53-57-51(34-14-4-1-5-15-34)56-52(58-53)35-16-6-2-7-17-35)29-40(33-55)50(39)60-47-23-13-11-21-43(47)45-31-37(25-27-49(45)60)36-24-26-48-44(30-36)42-20-10-12-22-46(42)59(48)41-18-8-3-9-19-41/h1-31H. The molecule has 60 heavy (non-hydrogen) atoms. The fourth-order valence-electron chi connectivity index (χ4n) is 8.51. The molecule has 7 heteroatoms. The van der Waals surface area contributed by atoms with Gasteiger partial charge < -0.3 is 9.13 Å².